The van der Waals surface area contributed by atoms with Crippen LogP contribution in [0.5, 0.6) is 0 Å². The van der Waals surface area contributed by atoms with E-state index in [1.165, 1.54) is 71.5 Å². The Morgan fingerprint density at radius 3 is 2.65 bits per heavy atom. The molecule has 0 radical (unpaired) electrons. The van der Waals surface area contributed by atoms with Crippen molar-refractivity contribution < 1.29 is 0 Å². The number of rotatable bonds is 11. The highest BCUT2D eigenvalue weighted by Gasteiger charge is 2.25. The molecule has 1 aliphatic rings. The van der Waals surface area contributed by atoms with E-state index >= 15 is 0 Å². The van der Waals surface area contributed by atoms with Crippen LogP contribution in [0.1, 0.15) is 53.4 Å². The van der Waals surface area contributed by atoms with Gasteiger partial charge in [-0.2, -0.15) is 0 Å². The van der Waals surface area contributed by atoms with Gasteiger partial charge in [0, 0.05) is 12.6 Å². The average molecular weight is 284 g/mol. The molecule has 0 amide bonds. The molecule has 2 atom stereocenters. The van der Waals surface area contributed by atoms with Crippen LogP contribution in [0.15, 0.2) is 0 Å². The Balaban J connectivity index is 2.13. The van der Waals surface area contributed by atoms with E-state index in [4.69, 9.17) is 0 Å². The first kappa shape index (κ1) is 17.9. The van der Waals surface area contributed by atoms with Crippen LogP contribution in [-0.4, -0.2) is 61.7 Å². The van der Waals surface area contributed by atoms with Gasteiger partial charge in [-0.1, -0.05) is 20.8 Å². The fourth-order valence-corrected chi connectivity index (χ4v) is 3.25. The summed E-state index contributed by atoms with van der Waals surface area (Å²) < 4.78 is 0. The quantitative estimate of drug-likeness (QED) is 0.588. The Bertz CT molecular complexity index is 228. The van der Waals surface area contributed by atoms with E-state index in [1.54, 1.807) is 0 Å². The minimum Gasteiger partial charge on any atom is -0.316 e. The molecule has 1 aliphatic heterocycles. The van der Waals surface area contributed by atoms with Crippen LogP contribution in [0.2, 0.25) is 0 Å². The van der Waals surface area contributed by atoms with Gasteiger partial charge in [-0.25, -0.2) is 0 Å². The van der Waals surface area contributed by atoms with Crippen LogP contribution in [0.3, 0.4) is 0 Å². The van der Waals surface area contributed by atoms with E-state index in [1.807, 2.05) is 0 Å². The molecule has 1 N–H and O–H groups in total. The molecule has 0 aromatic heterocycles. The van der Waals surface area contributed by atoms with E-state index in [-0.39, 0.29) is 0 Å². The summed E-state index contributed by atoms with van der Waals surface area (Å²) in [6.45, 7) is 17.9. The third-order valence-electron chi connectivity index (χ3n) is 4.79. The maximum absolute atomic E-state index is 3.58. The lowest BCUT2D eigenvalue weighted by atomic mass is 10.1. The molecule has 120 valence electrons. The molecule has 0 bridgehead atoms. The predicted molar refractivity (Wildman–Crippen MR) is 89.3 cm³/mol. The molecule has 3 heteroatoms. The van der Waals surface area contributed by atoms with Gasteiger partial charge in [-0.15, -0.1) is 0 Å². The second kappa shape index (κ2) is 10.6. The largest absolute Gasteiger partial charge is 0.316 e. The molecule has 2 unspecified atom stereocenters. The van der Waals surface area contributed by atoms with Crippen molar-refractivity contribution in [2.75, 3.05) is 45.8 Å². The van der Waals surface area contributed by atoms with Gasteiger partial charge >= 0.3 is 0 Å². The van der Waals surface area contributed by atoms with Crippen LogP contribution < -0.4 is 5.32 Å². The topological polar surface area (TPSA) is 18.5 Å². The van der Waals surface area contributed by atoms with Crippen LogP contribution in [0, 0.1) is 5.92 Å². The number of nitrogens with one attached hydrogen (secondary N) is 1. The van der Waals surface area contributed by atoms with Crippen molar-refractivity contribution in [3.05, 3.63) is 0 Å². The molecule has 1 saturated heterocycles. The van der Waals surface area contributed by atoms with Gasteiger partial charge in [0.1, 0.15) is 0 Å². The van der Waals surface area contributed by atoms with E-state index < -0.39 is 0 Å². The van der Waals surface area contributed by atoms with Crippen molar-refractivity contribution in [3.63, 3.8) is 0 Å². The summed E-state index contributed by atoms with van der Waals surface area (Å²) >= 11 is 0. The molecule has 20 heavy (non-hydrogen) atoms. The van der Waals surface area contributed by atoms with E-state index in [0.29, 0.717) is 0 Å². The Kier molecular flexibility index (Phi) is 9.49. The van der Waals surface area contributed by atoms with Crippen molar-refractivity contribution >= 4 is 0 Å². The molecule has 1 fully saturated rings. The van der Waals surface area contributed by atoms with E-state index in [0.717, 1.165) is 12.0 Å². The Hall–Kier alpha value is -0.120. The first-order chi connectivity index (χ1) is 9.71. The van der Waals surface area contributed by atoms with Gasteiger partial charge in [0.25, 0.3) is 0 Å². The fourth-order valence-electron chi connectivity index (χ4n) is 3.25. The lowest BCUT2D eigenvalue weighted by Gasteiger charge is -2.26. The normalized spacial score (nSPS) is 21.8. The zero-order valence-electron chi connectivity index (χ0n) is 14.3. The van der Waals surface area contributed by atoms with Crippen molar-refractivity contribution in [1.82, 2.24) is 15.1 Å². The second-order valence-electron chi connectivity index (χ2n) is 6.37. The lowest BCUT2D eigenvalue weighted by molar-refractivity contribution is 0.219. The zero-order chi connectivity index (χ0) is 14.8. The molecule has 0 aromatic rings. The average Bonchev–Trinajstić information content (AvgIpc) is 2.93. The first-order valence-electron chi connectivity index (χ1n) is 8.88. The Morgan fingerprint density at radius 1 is 1.25 bits per heavy atom. The SMILES string of the molecule is CCCNCC1CCN(C(C)CCCN(CC)CC)C1. The summed E-state index contributed by atoms with van der Waals surface area (Å²) in [5, 5.41) is 3.58. The van der Waals surface area contributed by atoms with Crippen LogP contribution in [0.4, 0.5) is 0 Å². The Morgan fingerprint density at radius 2 is 2.00 bits per heavy atom. The standard InChI is InChI=1S/C17H37N3/c1-5-11-18-14-17-10-13-20(15-17)16(4)9-8-12-19(6-2)7-3/h16-18H,5-15H2,1-4H3. The van der Waals surface area contributed by atoms with Crippen molar-refractivity contribution in [2.45, 2.75) is 59.4 Å². The number of nitrogens with zero attached hydrogens (tertiary/aromatic N) is 2. The van der Waals surface area contributed by atoms with Gasteiger partial charge in [-0.05, 0) is 77.8 Å². The smallest absolute Gasteiger partial charge is 0.00675 e. The zero-order valence-corrected chi connectivity index (χ0v) is 14.3. The summed E-state index contributed by atoms with van der Waals surface area (Å²) in [6, 6.07) is 0.765. The number of hydrogen-bond acceptors (Lipinski definition) is 3. The third kappa shape index (κ3) is 6.55. The summed E-state index contributed by atoms with van der Waals surface area (Å²) in [6.07, 6.45) is 5.33. The van der Waals surface area contributed by atoms with Gasteiger partial charge in [0.2, 0.25) is 0 Å². The summed E-state index contributed by atoms with van der Waals surface area (Å²) in [5.74, 6) is 0.881. The minimum absolute atomic E-state index is 0.765. The highest BCUT2D eigenvalue weighted by Crippen LogP contribution is 2.20. The molecule has 1 heterocycles. The summed E-state index contributed by atoms with van der Waals surface area (Å²) in [7, 11) is 0. The molecule has 0 saturated carbocycles. The van der Waals surface area contributed by atoms with E-state index in [9.17, 15) is 0 Å². The molecular weight excluding hydrogens is 246 g/mol. The number of hydrogen-bond donors (Lipinski definition) is 1. The fraction of sp³-hybridized carbons (Fsp3) is 1.00. The van der Waals surface area contributed by atoms with Gasteiger partial charge in [-0.3, -0.25) is 0 Å². The van der Waals surface area contributed by atoms with E-state index in [2.05, 4.69) is 42.8 Å². The molecule has 1 rings (SSSR count). The predicted octanol–water partition coefficient (Wildman–Crippen LogP) is 2.82. The van der Waals surface area contributed by atoms with Crippen LogP contribution in [-0.2, 0) is 0 Å². The third-order valence-corrected chi connectivity index (χ3v) is 4.79. The Labute approximate surface area is 127 Å². The minimum atomic E-state index is 0.765. The monoisotopic (exact) mass is 283 g/mol. The molecule has 0 aromatic carbocycles. The van der Waals surface area contributed by atoms with Crippen molar-refractivity contribution in [3.8, 4) is 0 Å². The molecule has 3 nitrogen and oxygen atoms in total. The number of likely N-dealkylation sites (tertiary alicyclic amines) is 1. The first-order valence-corrected chi connectivity index (χ1v) is 8.88. The molecule has 0 aliphatic carbocycles. The van der Waals surface area contributed by atoms with Crippen LogP contribution >= 0.6 is 0 Å². The second-order valence-corrected chi connectivity index (χ2v) is 6.37. The van der Waals surface area contributed by atoms with Gasteiger partial charge in [0.05, 0.1) is 0 Å². The summed E-state index contributed by atoms with van der Waals surface area (Å²) in [5.41, 5.74) is 0. The molecular formula is C17H37N3. The van der Waals surface area contributed by atoms with Crippen molar-refractivity contribution in [2.24, 2.45) is 5.92 Å². The summed E-state index contributed by atoms with van der Waals surface area (Å²) in [4.78, 5) is 5.24. The highest BCUT2D eigenvalue weighted by molar-refractivity contribution is 4.80. The van der Waals surface area contributed by atoms with Gasteiger partial charge < -0.3 is 15.1 Å². The lowest BCUT2D eigenvalue weighted by Crippen LogP contribution is -2.33. The van der Waals surface area contributed by atoms with Crippen molar-refractivity contribution in [1.29, 1.82) is 0 Å². The maximum atomic E-state index is 3.58. The highest BCUT2D eigenvalue weighted by atomic mass is 15.2. The maximum Gasteiger partial charge on any atom is 0.00675 e. The van der Waals surface area contributed by atoms with Crippen LogP contribution in [0.25, 0.3) is 0 Å². The molecule has 0 spiro atoms. The van der Waals surface area contributed by atoms with Gasteiger partial charge in [0.15, 0.2) is 0 Å².